The first-order valence-electron chi connectivity index (χ1n) is 13.9. The van der Waals surface area contributed by atoms with Crippen molar-refractivity contribution in [3.63, 3.8) is 0 Å². The van der Waals surface area contributed by atoms with E-state index in [0.717, 1.165) is 37.4 Å². The van der Waals surface area contributed by atoms with Gasteiger partial charge in [-0.2, -0.15) is 0 Å². The van der Waals surface area contributed by atoms with Gasteiger partial charge in [-0.15, -0.1) is 10.2 Å². The number of halogens is 1. The van der Waals surface area contributed by atoms with Crippen LogP contribution in [0.1, 0.15) is 65.2 Å². The van der Waals surface area contributed by atoms with Crippen LogP contribution >= 0.6 is 23.4 Å². The molecule has 13 nitrogen and oxygen atoms in total. The maximum Gasteiger partial charge on any atom is 0.303 e. The lowest BCUT2D eigenvalue weighted by atomic mass is 9.97. The van der Waals surface area contributed by atoms with E-state index in [9.17, 15) is 19.2 Å². The molecule has 2 fully saturated rings. The van der Waals surface area contributed by atoms with E-state index < -0.39 is 53.6 Å². The number of hydrogen-bond acceptors (Lipinski definition) is 12. The highest BCUT2D eigenvalue weighted by Crippen LogP contribution is 2.39. The number of nitrogens with one attached hydrogen (secondary N) is 1. The number of carbonyl (C=O) groups is 4. The van der Waals surface area contributed by atoms with E-state index in [0.29, 0.717) is 21.8 Å². The Hall–Kier alpha value is -3.36. The molecular weight excluding hydrogens is 604 g/mol. The first-order chi connectivity index (χ1) is 20.5. The summed E-state index contributed by atoms with van der Waals surface area (Å²) in [6.45, 7) is 4.75. The Morgan fingerprint density at radius 2 is 1.67 bits per heavy atom. The van der Waals surface area contributed by atoms with Gasteiger partial charge in [-0.1, -0.05) is 48.3 Å². The lowest BCUT2D eigenvalue weighted by molar-refractivity contribution is -0.211. The topological polar surface area (TPSA) is 157 Å². The third-order valence-electron chi connectivity index (χ3n) is 6.91. The molecule has 1 aliphatic heterocycles. The van der Waals surface area contributed by atoms with E-state index in [4.69, 9.17) is 35.3 Å². The van der Waals surface area contributed by atoms with Gasteiger partial charge in [0.25, 0.3) is 0 Å². The van der Waals surface area contributed by atoms with Crippen molar-refractivity contribution in [2.75, 3.05) is 6.61 Å². The predicted octanol–water partition coefficient (Wildman–Crippen LogP) is 3.37. The molecule has 2 aliphatic rings. The zero-order valence-electron chi connectivity index (χ0n) is 24.3. The molecule has 2 aromatic rings. The molecule has 1 aromatic heterocycles. The normalized spacial score (nSPS) is 23.8. The standard InChI is InChI=1S/C28H35ClN4O9S/c1-15(34)30-24-26(41-18(4)37)25(40-17(3)36)22(13-38-16(2)35)42-27(24)43-28-32-31-23(33(28)19-9-5-6-10-19)14-39-21-12-8-7-11-20(21)29/h7-8,11-12,19,22,24-27H,5-6,9-10,13-14H2,1-4H3,(H,30,34)/t22-,24-,25-,26-,27+/m1/s1. The highest BCUT2D eigenvalue weighted by atomic mass is 35.5. The van der Waals surface area contributed by atoms with Crippen LogP contribution in [-0.2, 0) is 44.7 Å². The average molecular weight is 639 g/mol. The van der Waals surface area contributed by atoms with Crippen LogP contribution in [0.15, 0.2) is 29.4 Å². The van der Waals surface area contributed by atoms with Gasteiger partial charge in [-0.05, 0) is 25.0 Å². The lowest BCUT2D eigenvalue weighted by Crippen LogP contribution is -2.65. The monoisotopic (exact) mass is 638 g/mol. The highest BCUT2D eigenvalue weighted by molar-refractivity contribution is 7.99. The van der Waals surface area contributed by atoms with E-state index in [2.05, 4.69) is 15.5 Å². The summed E-state index contributed by atoms with van der Waals surface area (Å²) in [7, 11) is 0. The number of aromatic nitrogens is 3. The average Bonchev–Trinajstić information content (AvgIpc) is 3.59. The van der Waals surface area contributed by atoms with Gasteiger partial charge in [-0.3, -0.25) is 23.7 Å². The Kier molecular flexibility index (Phi) is 11.3. The Bertz CT molecular complexity index is 1320. The summed E-state index contributed by atoms with van der Waals surface area (Å²) in [6.07, 6.45) is 0.524. The zero-order valence-corrected chi connectivity index (χ0v) is 25.9. The summed E-state index contributed by atoms with van der Waals surface area (Å²) in [6, 6.07) is 6.25. The Balaban J connectivity index is 1.69. The van der Waals surface area contributed by atoms with E-state index in [1.54, 1.807) is 12.1 Å². The van der Waals surface area contributed by atoms with Gasteiger partial charge in [-0.25, -0.2) is 0 Å². The molecule has 1 aromatic carbocycles. The zero-order chi connectivity index (χ0) is 31.1. The molecule has 0 bridgehead atoms. The molecule has 0 unspecified atom stereocenters. The number of hydrogen-bond donors (Lipinski definition) is 1. The first kappa shape index (κ1) is 32.6. The molecule has 2 heterocycles. The third kappa shape index (κ3) is 8.61. The quantitative estimate of drug-likeness (QED) is 0.283. The molecule has 1 amide bonds. The number of benzene rings is 1. The fraction of sp³-hybridized carbons (Fsp3) is 0.571. The van der Waals surface area contributed by atoms with Crippen molar-refractivity contribution >= 4 is 47.2 Å². The summed E-state index contributed by atoms with van der Waals surface area (Å²) >= 11 is 7.44. The van der Waals surface area contributed by atoms with Crippen LogP contribution in [0.25, 0.3) is 0 Å². The number of nitrogens with zero attached hydrogens (tertiary/aromatic N) is 3. The first-order valence-corrected chi connectivity index (χ1v) is 15.2. The van der Waals surface area contributed by atoms with E-state index in [1.165, 1.54) is 27.7 Å². The van der Waals surface area contributed by atoms with Crippen molar-refractivity contribution in [3.8, 4) is 5.75 Å². The molecule has 1 N–H and O–H groups in total. The summed E-state index contributed by atoms with van der Waals surface area (Å²) < 4.78 is 30.6. The number of para-hydroxylation sites is 1. The minimum atomic E-state index is -1.18. The molecule has 1 saturated carbocycles. The Morgan fingerprint density at radius 1 is 1.00 bits per heavy atom. The van der Waals surface area contributed by atoms with Crippen LogP contribution in [0.3, 0.4) is 0 Å². The summed E-state index contributed by atoms with van der Waals surface area (Å²) in [5, 5.41) is 12.6. The second-order valence-electron chi connectivity index (χ2n) is 10.3. The van der Waals surface area contributed by atoms with Gasteiger partial charge in [0, 0.05) is 33.7 Å². The molecule has 0 spiro atoms. The second-order valence-corrected chi connectivity index (χ2v) is 11.7. The summed E-state index contributed by atoms with van der Waals surface area (Å²) in [4.78, 5) is 48.2. The highest BCUT2D eigenvalue weighted by Gasteiger charge is 2.51. The number of amides is 1. The maximum atomic E-state index is 12.3. The molecule has 1 saturated heterocycles. The van der Waals surface area contributed by atoms with E-state index in [1.807, 2.05) is 16.7 Å². The number of rotatable bonds is 11. The van der Waals surface area contributed by atoms with Gasteiger partial charge in [0.05, 0.1) is 5.02 Å². The number of esters is 3. The lowest BCUT2D eigenvalue weighted by Gasteiger charge is -2.44. The SMILES string of the molecule is CC(=O)N[C@@H]1[C@@H](OC(C)=O)[C@H](OC(C)=O)[C@@H](COC(C)=O)O[C@H]1Sc1nnc(COc2ccccc2Cl)n1C1CCCC1. The van der Waals surface area contributed by atoms with Gasteiger partial charge in [0.1, 0.15) is 36.5 Å². The van der Waals surface area contributed by atoms with Gasteiger partial charge < -0.3 is 29.0 Å². The third-order valence-corrected chi connectivity index (χ3v) is 8.35. The van der Waals surface area contributed by atoms with Crippen LogP contribution in [0.4, 0.5) is 0 Å². The largest absolute Gasteiger partial charge is 0.484 e. The van der Waals surface area contributed by atoms with Crippen molar-refractivity contribution in [1.82, 2.24) is 20.1 Å². The van der Waals surface area contributed by atoms with Gasteiger partial charge >= 0.3 is 17.9 Å². The molecule has 43 heavy (non-hydrogen) atoms. The predicted molar refractivity (Wildman–Crippen MR) is 153 cm³/mol. The fourth-order valence-corrected chi connectivity index (χ4v) is 6.64. The number of ether oxygens (including phenoxy) is 5. The minimum Gasteiger partial charge on any atom is -0.484 e. The molecule has 1 aliphatic carbocycles. The van der Waals surface area contributed by atoms with Crippen molar-refractivity contribution < 1.29 is 42.9 Å². The second kappa shape index (κ2) is 14.9. The van der Waals surface area contributed by atoms with E-state index in [-0.39, 0.29) is 19.3 Å². The van der Waals surface area contributed by atoms with Gasteiger partial charge in [0.2, 0.25) is 5.91 Å². The van der Waals surface area contributed by atoms with Crippen LogP contribution in [0.5, 0.6) is 5.75 Å². The van der Waals surface area contributed by atoms with Gasteiger partial charge in [0.15, 0.2) is 23.2 Å². The van der Waals surface area contributed by atoms with Crippen LogP contribution in [0, 0.1) is 0 Å². The molecule has 5 atom stereocenters. The molecule has 234 valence electrons. The van der Waals surface area contributed by atoms with E-state index >= 15 is 0 Å². The number of thioether (sulfide) groups is 1. The molecule has 0 radical (unpaired) electrons. The van der Waals surface area contributed by atoms with Crippen molar-refractivity contribution in [2.45, 2.75) is 101 Å². The molecular formula is C28H35ClN4O9S. The van der Waals surface area contributed by atoms with Crippen molar-refractivity contribution in [2.24, 2.45) is 0 Å². The van der Waals surface area contributed by atoms with Crippen molar-refractivity contribution in [1.29, 1.82) is 0 Å². The van der Waals surface area contributed by atoms with Crippen LogP contribution in [-0.4, -0.2) is 75.0 Å². The Morgan fingerprint density at radius 3 is 2.30 bits per heavy atom. The van der Waals surface area contributed by atoms with Crippen molar-refractivity contribution in [3.05, 3.63) is 35.1 Å². The smallest absolute Gasteiger partial charge is 0.303 e. The van der Waals surface area contributed by atoms with Crippen LogP contribution in [0.2, 0.25) is 5.02 Å². The fourth-order valence-electron chi connectivity index (χ4n) is 5.21. The maximum absolute atomic E-state index is 12.3. The molecule has 15 heteroatoms. The minimum absolute atomic E-state index is 0.0973. The Labute approximate surface area is 258 Å². The number of carbonyl (C=O) groups excluding carboxylic acids is 4. The van der Waals surface area contributed by atoms with Crippen LogP contribution < -0.4 is 10.1 Å². The summed E-state index contributed by atoms with van der Waals surface area (Å²) in [5.74, 6) is -1.26. The molecule has 4 rings (SSSR count). The summed E-state index contributed by atoms with van der Waals surface area (Å²) in [5.41, 5.74) is -0.915.